The van der Waals surface area contributed by atoms with Gasteiger partial charge in [-0.3, -0.25) is 9.59 Å². The van der Waals surface area contributed by atoms with E-state index in [4.69, 9.17) is 4.42 Å². The number of carbonyl (C=O) groups excluding carboxylic acids is 2. The van der Waals surface area contributed by atoms with E-state index < -0.39 is 6.04 Å². The molecule has 0 bridgehead atoms. The molecular weight excluding hydrogens is 282 g/mol. The Balaban J connectivity index is 0.00000200. The van der Waals surface area contributed by atoms with E-state index in [9.17, 15) is 9.59 Å². The molecule has 7 heteroatoms. The number of amides is 2. The van der Waals surface area contributed by atoms with Gasteiger partial charge in [-0.2, -0.15) is 0 Å². The van der Waals surface area contributed by atoms with Crippen LogP contribution in [0.25, 0.3) is 0 Å². The summed E-state index contributed by atoms with van der Waals surface area (Å²) >= 11 is 0. The molecule has 1 aromatic rings. The zero-order valence-corrected chi connectivity index (χ0v) is 12.2. The highest BCUT2D eigenvalue weighted by atomic mass is 35.5. The second kappa shape index (κ2) is 7.91. The maximum Gasteiger partial charge on any atom is 0.255 e. The molecular formula is C13H20ClN3O3. The molecule has 1 aliphatic heterocycles. The van der Waals surface area contributed by atoms with Crippen LogP contribution in [0.15, 0.2) is 23.0 Å². The Morgan fingerprint density at radius 1 is 1.50 bits per heavy atom. The van der Waals surface area contributed by atoms with Gasteiger partial charge in [-0.1, -0.05) is 0 Å². The third-order valence-electron chi connectivity index (χ3n) is 3.17. The Hall–Kier alpha value is -1.53. The van der Waals surface area contributed by atoms with Crippen molar-refractivity contribution in [1.82, 2.24) is 16.0 Å². The monoisotopic (exact) mass is 301 g/mol. The maximum atomic E-state index is 11.9. The highest BCUT2D eigenvalue weighted by Crippen LogP contribution is 2.03. The minimum Gasteiger partial charge on any atom is -0.472 e. The lowest BCUT2D eigenvalue weighted by atomic mass is 10.1. The Labute approximate surface area is 124 Å². The molecule has 1 aliphatic rings. The lowest BCUT2D eigenvalue weighted by Crippen LogP contribution is -2.52. The van der Waals surface area contributed by atoms with Crippen LogP contribution >= 0.6 is 12.4 Å². The van der Waals surface area contributed by atoms with Crippen LogP contribution in [0.3, 0.4) is 0 Å². The van der Waals surface area contributed by atoms with Gasteiger partial charge in [0.2, 0.25) is 5.91 Å². The molecule has 0 radical (unpaired) electrons. The lowest BCUT2D eigenvalue weighted by molar-refractivity contribution is -0.123. The summed E-state index contributed by atoms with van der Waals surface area (Å²) in [6.45, 7) is 3.46. The van der Waals surface area contributed by atoms with E-state index in [1.807, 2.05) is 0 Å². The topological polar surface area (TPSA) is 83.4 Å². The van der Waals surface area contributed by atoms with Gasteiger partial charge in [-0.15, -0.1) is 12.4 Å². The van der Waals surface area contributed by atoms with E-state index in [1.165, 1.54) is 12.5 Å². The summed E-state index contributed by atoms with van der Waals surface area (Å²) in [5, 5.41) is 8.80. The molecule has 112 valence electrons. The van der Waals surface area contributed by atoms with E-state index in [1.54, 1.807) is 13.0 Å². The number of piperidine rings is 1. The second-order valence-corrected chi connectivity index (χ2v) is 4.76. The largest absolute Gasteiger partial charge is 0.472 e. The van der Waals surface area contributed by atoms with Gasteiger partial charge in [0.1, 0.15) is 12.3 Å². The van der Waals surface area contributed by atoms with Gasteiger partial charge in [-0.25, -0.2) is 0 Å². The molecule has 1 saturated heterocycles. The minimum absolute atomic E-state index is 0. The van der Waals surface area contributed by atoms with Gasteiger partial charge in [0, 0.05) is 12.6 Å². The highest BCUT2D eigenvalue weighted by Gasteiger charge is 2.21. The molecule has 2 atom stereocenters. The van der Waals surface area contributed by atoms with E-state index in [-0.39, 0.29) is 30.3 Å². The van der Waals surface area contributed by atoms with Crippen LogP contribution < -0.4 is 16.0 Å². The smallest absolute Gasteiger partial charge is 0.255 e. The van der Waals surface area contributed by atoms with Crippen molar-refractivity contribution in [3.8, 4) is 0 Å². The predicted molar refractivity (Wildman–Crippen MR) is 76.9 cm³/mol. The first-order valence-corrected chi connectivity index (χ1v) is 6.51. The van der Waals surface area contributed by atoms with Crippen LogP contribution in [0.5, 0.6) is 0 Å². The van der Waals surface area contributed by atoms with Gasteiger partial charge < -0.3 is 20.4 Å². The average molecular weight is 302 g/mol. The summed E-state index contributed by atoms with van der Waals surface area (Å²) in [5.74, 6) is -0.469. The number of rotatable bonds is 4. The molecule has 0 aliphatic carbocycles. The van der Waals surface area contributed by atoms with Crippen molar-refractivity contribution in [2.24, 2.45) is 0 Å². The number of halogens is 1. The van der Waals surface area contributed by atoms with Crippen LogP contribution in [-0.4, -0.2) is 37.0 Å². The molecule has 2 amide bonds. The summed E-state index contributed by atoms with van der Waals surface area (Å²) < 4.78 is 4.83. The minimum atomic E-state index is -0.565. The van der Waals surface area contributed by atoms with Crippen LogP contribution in [0, 0.1) is 0 Å². The third kappa shape index (κ3) is 4.54. The summed E-state index contributed by atoms with van der Waals surface area (Å²) in [5.41, 5.74) is 0.416. The molecule has 2 heterocycles. The molecule has 0 saturated carbocycles. The first kappa shape index (κ1) is 16.5. The Bertz CT molecular complexity index is 430. The summed E-state index contributed by atoms with van der Waals surface area (Å²) in [6, 6.07) is 1.14. The molecule has 1 unspecified atom stereocenters. The summed E-state index contributed by atoms with van der Waals surface area (Å²) in [7, 11) is 0. The van der Waals surface area contributed by atoms with Crippen LogP contribution in [0.2, 0.25) is 0 Å². The number of nitrogens with one attached hydrogen (secondary N) is 3. The fourth-order valence-electron chi connectivity index (χ4n) is 2.04. The molecule has 0 spiro atoms. The van der Waals surface area contributed by atoms with Crippen molar-refractivity contribution in [3.63, 3.8) is 0 Å². The Morgan fingerprint density at radius 3 is 2.90 bits per heavy atom. The quantitative estimate of drug-likeness (QED) is 0.764. The van der Waals surface area contributed by atoms with E-state index >= 15 is 0 Å². The van der Waals surface area contributed by atoms with Crippen molar-refractivity contribution >= 4 is 24.2 Å². The number of furan rings is 1. The van der Waals surface area contributed by atoms with E-state index in [0.29, 0.717) is 5.56 Å². The SMILES string of the molecule is CC(NC(=O)c1ccoc1)C(=O)N[C@H]1CCCNC1.Cl. The standard InChI is InChI=1S/C13H19N3O3.ClH/c1-9(15-13(18)10-4-6-19-8-10)12(17)16-11-3-2-5-14-7-11;/h4,6,8-9,11,14H,2-3,5,7H2,1H3,(H,15,18)(H,16,17);1H/t9?,11-;/m0./s1. The predicted octanol–water partition coefficient (Wildman–Crippen LogP) is 0.688. The fraction of sp³-hybridized carbons (Fsp3) is 0.538. The zero-order valence-electron chi connectivity index (χ0n) is 11.3. The van der Waals surface area contributed by atoms with Gasteiger partial charge in [0.25, 0.3) is 5.91 Å². The molecule has 20 heavy (non-hydrogen) atoms. The maximum absolute atomic E-state index is 11.9. The van der Waals surface area contributed by atoms with Crippen LogP contribution in [0.1, 0.15) is 30.1 Å². The molecule has 6 nitrogen and oxygen atoms in total. The van der Waals surface area contributed by atoms with Crippen molar-refractivity contribution < 1.29 is 14.0 Å². The first-order chi connectivity index (χ1) is 9.16. The molecule has 1 fully saturated rings. The third-order valence-corrected chi connectivity index (χ3v) is 3.17. The van der Waals surface area contributed by atoms with E-state index in [2.05, 4.69) is 16.0 Å². The van der Waals surface area contributed by atoms with Gasteiger partial charge in [0.05, 0.1) is 11.8 Å². The van der Waals surface area contributed by atoms with Gasteiger partial charge in [-0.05, 0) is 32.4 Å². The van der Waals surface area contributed by atoms with Crippen LogP contribution in [-0.2, 0) is 4.79 Å². The number of hydrogen-bond acceptors (Lipinski definition) is 4. The van der Waals surface area contributed by atoms with Gasteiger partial charge >= 0.3 is 0 Å². The zero-order chi connectivity index (χ0) is 13.7. The number of carbonyl (C=O) groups is 2. The van der Waals surface area contributed by atoms with Crippen LogP contribution in [0.4, 0.5) is 0 Å². The fourth-order valence-corrected chi connectivity index (χ4v) is 2.04. The average Bonchev–Trinajstić information content (AvgIpc) is 2.93. The normalized spacial score (nSPS) is 19.6. The van der Waals surface area contributed by atoms with E-state index in [0.717, 1.165) is 25.9 Å². The lowest BCUT2D eigenvalue weighted by Gasteiger charge is -2.25. The summed E-state index contributed by atoms with van der Waals surface area (Å²) in [4.78, 5) is 23.7. The van der Waals surface area contributed by atoms with Crippen molar-refractivity contribution in [1.29, 1.82) is 0 Å². The molecule has 2 rings (SSSR count). The molecule has 0 aromatic carbocycles. The van der Waals surface area contributed by atoms with Gasteiger partial charge in [0.15, 0.2) is 0 Å². The Kier molecular flexibility index (Phi) is 6.54. The second-order valence-electron chi connectivity index (χ2n) is 4.76. The molecule has 1 aromatic heterocycles. The van der Waals surface area contributed by atoms with Crippen molar-refractivity contribution in [2.45, 2.75) is 31.8 Å². The Morgan fingerprint density at radius 2 is 2.30 bits per heavy atom. The van der Waals surface area contributed by atoms with Crippen molar-refractivity contribution in [2.75, 3.05) is 13.1 Å². The first-order valence-electron chi connectivity index (χ1n) is 6.51. The highest BCUT2D eigenvalue weighted by molar-refractivity contribution is 5.97. The molecule has 3 N–H and O–H groups in total. The van der Waals surface area contributed by atoms with Crippen molar-refractivity contribution in [3.05, 3.63) is 24.2 Å². The summed E-state index contributed by atoms with van der Waals surface area (Å²) in [6.07, 6.45) is 4.81. The number of hydrogen-bond donors (Lipinski definition) is 3.